The molecule has 0 fully saturated rings. The quantitative estimate of drug-likeness (QED) is 0.797. The van der Waals surface area contributed by atoms with Gasteiger partial charge in [0.15, 0.2) is 0 Å². The number of ether oxygens (including phenoxy) is 1. The first-order valence-electron chi connectivity index (χ1n) is 6.34. The number of hydrogen-bond donors (Lipinski definition) is 1. The van der Waals surface area contributed by atoms with E-state index >= 15 is 0 Å². The Morgan fingerprint density at radius 1 is 1.05 bits per heavy atom. The van der Waals surface area contributed by atoms with E-state index in [0.717, 1.165) is 23.3 Å². The van der Waals surface area contributed by atoms with Gasteiger partial charge in [0.05, 0.1) is 6.10 Å². The summed E-state index contributed by atoms with van der Waals surface area (Å²) < 4.78 is 6.94. The van der Waals surface area contributed by atoms with Crippen LogP contribution in [0.25, 0.3) is 0 Å². The molecule has 0 heterocycles. The first-order valence-corrected chi connectivity index (χ1v) is 7.42. The van der Waals surface area contributed by atoms with Crippen LogP contribution < -0.4 is 4.74 Å². The van der Waals surface area contributed by atoms with Gasteiger partial charge in [-0.1, -0.05) is 31.2 Å². The van der Waals surface area contributed by atoms with Gasteiger partial charge in [0.2, 0.25) is 0 Å². The maximum absolute atomic E-state index is 9.71. The van der Waals surface area contributed by atoms with Gasteiger partial charge in [-0.15, -0.1) is 0 Å². The molecule has 0 amide bonds. The minimum absolute atomic E-state index is 0.384. The first kappa shape index (κ1) is 14.3. The average molecular weight is 368 g/mol. The van der Waals surface area contributed by atoms with Crippen LogP contribution >= 0.6 is 22.6 Å². The number of benzene rings is 2. The molecule has 2 aromatic rings. The molecule has 2 nitrogen and oxygen atoms in total. The van der Waals surface area contributed by atoms with Crippen molar-refractivity contribution in [2.75, 3.05) is 0 Å². The van der Waals surface area contributed by atoms with Crippen molar-refractivity contribution in [1.82, 2.24) is 0 Å². The van der Waals surface area contributed by atoms with E-state index in [1.165, 1.54) is 3.57 Å². The lowest BCUT2D eigenvalue weighted by molar-refractivity contribution is 0.173. The average Bonchev–Trinajstić information content (AvgIpc) is 2.46. The molecule has 0 aliphatic rings. The summed E-state index contributed by atoms with van der Waals surface area (Å²) >= 11 is 2.29. The highest BCUT2D eigenvalue weighted by Crippen LogP contribution is 2.20. The number of rotatable bonds is 5. The molecule has 0 radical (unpaired) electrons. The van der Waals surface area contributed by atoms with Crippen LogP contribution in [0, 0.1) is 3.57 Å². The molecule has 100 valence electrons. The highest BCUT2D eigenvalue weighted by atomic mass is 127. The van der Waals surface area contributed by atoms with Crippen LogP contribution in [0.5, 0.6) is 5.75 Å². The van der Waals surface area contributed by atoms with E-state index < -0.39 is 0 Å². The Bertz CT molecular complexity index is 505. The van der Waals surface area contributed by atoms with E-state index in [1.807, 2.05) is 31.2 Å². The van der Waals surface area contributed by atoms with Crippen molar-refractivity contribution >= 4 is 22.6 Å². The molecule has 3 heteroatoms. The van der Waals surface area contributed by atoms with Crippen molar-refractivity contribution < 1.29 is 9.84 Å². The van der Waals surface area contributed by atoms with Gasteiger partial charge < -0.3 is 9.84 Å². The van der Waals surface area contributed by atoms with Gasteiger partial charge in [-0.05, 0) is 64.4 Å². The minimum Gasteiger partial charge on any atom is -0.489 e. The second-order valence-electron chi connectivity index (χ2n) is 4.41. The molecule has 1 atom stereocenters. The topological polar surface area (TPSA) is 29.5 Å². The van der Waals surface area contributed by atoms with E-state index in [2.05, 4.69) is 46.9 Å². The summed E-state index contributed by atoms with van der Waals surface area (Å²) in [4.78, 5) is 0. The predicted molar refractivity (Wildman–Crippen MR) is 85.2 cm³/mol. The van der Waals surface area contributed by atoms with Crippen LogP contribution in [0.15, 0.2) is 48.5 Å². The second kappa shape index (κ2) is 6.91. The number of hydrogen-bond acceptors (Lipinski definition) is 2. The molecule has 0 bridgehead atoms. The molecule has 0 aliphatic carbocycles. The van der Waals surface area contributed by atoms with Gasteiger partial charge in [0.1, 0.15) is 12.4 Å². The fraction of sp³-hybridized carbons (Fsp3) is 0.250. The molecule has 0 saturated carbocycles. The van der Waals surface area contributed by atoms with E-state index in [9.17, 15) is 5.11 Å². The number of halogens is 1. The summed E-state index contributed by atoms with van der Waals surface area (Å²) in [5.41, 5.74) is 2.09. The van der Waals surface area contributed by atoms with Crippen LogP contribution in [0.3, 0.4) is 0 Å². The Morgan fingerprint density at radius 3 is 2.26 bits per heavy atom. The summed E-state index contributed by atoms with van der Waals surface area (Å²) in [6, 6.07) is 15.9. The molecule has 19 heavy (non-hydrogen) atoms. The van der Waals surface area contributed by atoms with Gasteiger partial charge >= 0.3 is 0 Å². The number of aliphatic hydroxyl groups excluding tert-OH is 1. The zero-order valence-electron chi connectivity index (χ0n) is 10.8. The van der Waals surface area contributed by atoms with Crippen molar-refractivity contribution in [2.24, 2.45) is 0 Å². The molecular formula is C16H17IO2. The van der Waals surface area contributed by atoms with E-state index in [0.29, 0.717) is 6.61 Å². The third-order valence-corrected chi connectivity index (χ3v) is 3.69. The molecule has 2 aromatic carbocycles. The van der Waals surface area contributed by atoms with Crippen molar-refractivity contribution in [2.45, 2.75) is 26.1 Å². The van der Waals surface area contributed by atoms with Crippen LogP contribution in [0.4, 0.5) is 0 Å². The third kappa shape index (κ3) is 4.21. The summed E-state index contributed by atoms with van der Waals surface area (Å²) in [6.45, 7) is 2.53. The van der Waals surface area contributed by atoms with Gasteiger partial charge in [0, 0.05) is 3.57 Å². The molecule has 0 unspecified atom stereocenters. The Kier molecular flexibility index (Phi) is 5.22. The minimum atomic E-state index is -0.384. The van der Waals surface area contributed by atoms with Crippen LogP contribution in [-0.4, -0.2) is 5.11 Å². The SMILES string of the molecule is CC[C@H](O)c1ccc(OCc2ccc(I)cc2)cc1. The fourth-order valence-electron chi connectivity index (χ4n) is 1.77. The summed E-state index contributed by atoms with van der Waals surface area (Å²) in [6.07, 6.45) is 0.341. The smallest absolute Gasteiger partial charge is 0.119 e. The summed E-state index contributed by atoms with van der Waals surface area (Å²) in [7, 11) is 0. The Labute approximate surface area is 127 Å². The van der Waals surface area contributed by atoms with Gasteiger partial charge in [-0.3, -0.25) is 0 Å². The standard InChI is InChI=1S/C16H17IO2/c1-2-16(18)13-5-9-15(10-6-13)19-11-12-3-7-14(17)8-4-12/h3-10,16,18H,2,11H2,1H3/t16-/m0/s1. The molecule has 0 saturated heterocycles. The van der Waals surface area contributed by atoms with Crippen molar-refractivity contribution in [1.29, 1.82) is 0 Å². The third-order valence-electron chi connectivity index (χ3n) is 2.97. The van der Waals surface area contributed by atoms with E-state index in [4.69, 9.17) is 4.74 Å². The van der Waals surface area contributed by atoms with Crippen molar-refractivity contribution in [3.63, 3.8) is 0 Å². The van der Waals surface area contributed by atoms with E-state index in [1.54, 1.807) is 0 Å². The van der Waals surface area contributed by atoms with Crippen molar-refractivity contribution in [3.8, 4) is 5.75 Å². The van der Waals surface area contributed by atoms with Gasteiger partial charge in [-0.25, -0.2) is 0 Å². The molecule has 2 rings (SSSR count). The predicted octanol–water partition coefficient (Wildman–Crippen LogP) is 4.31. The largest absolute Gasteiger partial charge is 0.489 e. The van der Waals surface area contributed by atoms with Crippen molar-refractivity contribution in [3.05, 3.63) is 63.2 Å². The normalized spacial score (nSPS) is 12.2. The Hall–Kier alpha value is -1.07. The van der Waals surface area contributed by atoms with Crippen LogP contribution in [-0.2, 0) is 6.61 Å². The Balaban J connectivity index is 1.94. The molecular weight excluding hydrogens is 351 g/mol. The molecule has 1 N–H and O–H groups in total. The Morgan fingerprint density at radius 2 is 1.68 bits per heavy atom. The monoisotopic (exact) mass is 368 g/mol. The number of aliphatic hydroxyl groups is 1. The first-order chi connectivity index (χ1) is 9.19. The highest BCUT2D eigenvalue weighted by molar-refractivity contribution is 14.1. The maximum Gasteiger partial charge on any atom is 0.119 e. The second-order valence-corrected chi connectivity index (χ2v) is 5.65. The fourth-order valence-corrected chi connectivity index (χ4v) is 2.13. The zero-order valence-corrected chi connectivity index (χ0v) is 13.0. The lowest BCUT2D eigenvalue weighted by atomic mass is 10.1. The van der Waals surface area contributed by atoms with Gasteiger partial charge in [-0.2, -0.15) is 0 Å². The maximum atomic E-state index is 9.71. The zero-order chi connectivity index (χ0) is 13.7. The van der Waals surface area contributed by atoms with Crippen LogP contribution in [0.2, 0.25) is 0 Å². The van der Waals surface area contributed by atoms with Gasteiger partial charge in [0.25, 0.3) is 0 Å². The molecule has 0 aromatic heterocycles. The summed E-state index contributed by atoms with van der Waals surface area (Å²) in [5.74, 6) is 0.825. The molecule has 0 aliphatic heterocycles. The molecule has 0 spiro atoms. The lowest BCUT2D eigenvalue weighted by Gasteiger charge is -2.10. The summed E-state index contributed by atoms with van der Waals surface area (Å²) in [5, 5.41) is 9.71. The highest BCUT2D eigenvalue weighted by Gasteiger charge is 2.04. The van der Waals surface area contributed by atoms with Crippen LogP contribution in [0.1, 0.15) is 30.6 Å². The van der Waals surface area contributed by atoms with E-state index in [-0.39, 0.29) is 6.10 Å². The lowest BCUT2D eigenvalue weighted by Crippen LogP contribution is -1.97.